The summed E-state index contributed by atoms with van der Waals surface area (Å²) in [5.41, 5.74) is 4.35. The van der Waals surface area contributed by atoms with Crippen molar-refractivity contribution in [1.29, 1.82) is 0 Å². The first kappa shape index (κ1) is 17.9. The molecule has 0 spiro atoms. The second-order valence-electron chi connectivity index (χ2n) is 6.97. The average Bonchev–Trinajstić information content (AvgIpc) is 3.13. The third-order valence-electron chi connectivity index (χ3n) is 5.02. The van der Waals surface area contributed by atoms with Gasteiger partial charge in [0.2, 0.25) is 5.91 Å². The molecule has 2 aromatic carbocycles. The van der Waals surface area contributed by atoms with E-state index in [0.717, 1.165) is 33.6 Å². The first-order valence-electron chi connectivity index (χ1n) is 9.45. The Labute approximate surface area is 162 Å². The lowest BCUT2D eigenvalue weighted by Gasteiger charge is -2.16. The average molecular weight is 378 g/mol. The zero-order valence-corrected chi connectivity index (χ0v) is 16.0. The van der Waals surface area contributed by atoms with Gasteiger partial charge in [0.25, 0.3) is 0 Å². The second kappa shape index (κ2) is 8.01. The van der Waals surface area contributed by atoms with Gasteiger partial charge in [0.15, 0.2) is 5.78 Å². The van der Waals surface area contributed by atoms with Gasteiger partial charge in [0.1, 0.15) is 5.01 Å². The molecule has 0 aliphatic heterocycles. The van der Waals surface area contributed by atoms with Crippen LogP contribution in [0.4, 0.5) is 0 Å². The summed E-state index contributed by atoms with van der Waals surface area (Å²) in [5, 5.41) is 3.75. The zero-order valence-electron chi connectivity index (χ0n) is 15.2. The number of carbonyl (C=O) groups excluding carboxylic acids is 2. The molecule has 138 valence electrons. The fourth-order valence-electron chi connectivity index (χ4n) is 3.54. The lowest BCUT2D eigenvalue weighted by molar-refractivity contribution is -0.121. The highest BCUT2D eigenvalue weighted by Crippen LogP contribution is 2.23. The van der Waals surface area contributed by atoms with Gasteiger partial charge in [-0.2, -0.15) is 0 Å². The van der Waals surface area contributed by atoms with E-state index in [1.165, 1.54) is 24.0 Å². The number of aromatic nitrogens is 1. The number of para-hydroxylation sites is 1. The van der Waals surface area contributed by atoms with Gasteiger partial charge in [0, 0.05) is 18.4 Å². The maximum absolute atomic E-state index is 12.4. The molecule has 1 amide bonds. The Kier molecular flexibility index (Phi) is 5.30. The van der Waals surface area contributed by atoms with Crippen molar-refractivity contribution in [2.24, 2.45) is 0 Å². The Morgan fingerprint density at radius 1 is 1.00 bits per heavy atom. The molecule has 4 rings (SSSR count). The molecule has 1 aliphatic carbocycles. The highest BCUT2D eigenvalue weighted by molar-refractivity contribution is 7.18. The summed E-state index contributed by atoms with van der Waals surface area (Å²) in [7, 11) is 0. The predicted molar refractivity (Wildman–Crippen MR) is 108 cm³/mol. The number of Topliss-reactive ketones (excluding diaryl/α,β-unsaturated/α-hetero) is 1. The van der Waals surface area contributed by atoms with Crippen molar-refractivity contribution >= 4 is 33.2 Å². The Morgan fingerprint density at radius 2 is 1.81 bits per heavy atom. The van der Waals surface area contributed by atoms with Crippen LogP contribution in [0.25, 0.3) is 10.2 Å². The van der Waals surface area contributed by atoms with Crippen LogP contribution in [0.15, 0.2) is 42.5 Å². The smallest absolute Gasteiger partial charge is 0.220 e. The molecule has 4 nitrogen and oxygen atoms in total. The minimum absolute atomic E-state index is 0.0403. The number of benzene rings is 2. The van der Waals surface area contributed by atoms with Gasteiger partial charge >= 0.3 is 0 Å². The van der Waals surface area contributed by atoms with Gasteiger partial charge in [-0.1, -0.05) is 24.3 Å². The van der Waals surface area contributed by atoms with E-state index in [4.69, 9.17) is 0 Å². The van der Waals surface area contributed by atoms with Crippen LogP contribution in [0.3, 0.4) is 0 Å². The van der Waals surface area contributed by atoms with E-state index >= 15 is 0 Å². The largest absolute Gasteiger partial charge is 0.350 e. The van der Waals surface area contributed by atoms with E-state index in [1.807, 2.05) is 36.4 Å². The van der Waals surface area contributed by atoms with Crippen molar-refractivity contribution < 1.29 is 9.59 Å². The normalized spacial score (nSPS) is 13.3. The molecule has 3 aromatic rings. The van der Waals surface area contributed by atoms with E-state index in [9.17, 15) is 9.59 Å². The number of nitrogens with one attached hydrogen (secondary N) is 1. The first-order valence-corrected chi connectivity index (χ1v) is 10.3. The number of amides is 1. The summed E-state index contributed by atoms with van der Waals surface area (Å²) in [5.74, 6) is -0.0703. The summed E-state index contributed by atoms with van der Waals surface area (Å²) < 4.78 is 1.12. The third kappa shape index (κ3) is 4.25. The van der Waals surface area contributed by atoms with Gasteiger partial charge < -0.3 is 5.32 Å². The minimum atomic E-state index is -0.111. The third-order valence-corrected chi connectivity index (χ3v) is 6.06. The van der Waals surface area contributed by atoms with E-state index in [-0.39, 0.29) is 24.5 Å². The molecule has 5 heteroatoms. The summed E-state index contributed by atoms with van der Waals surface area (Å²) in [6, 6.07) is 13.9. The number of fused-ring (bicyclic) bond motifs is 2. The number of thiazole rings is 1. The molecule has 0 saturated carbocycles. The van der Waals surface area contributed by atoms with Gasteiger partial charge in [-0.25, -0.2) is 4.98 Å². The van der Waals surface area contributed by atoms with Crippen LogP contribution in [0.5, 0.6) is 0 Å². The molecule has 0 saturated heterocycles. The van der Waals surface area contributed by atoms with Crippen LogP contribution >= 0.6 is 11.3 Å². The minimum Gasteiger partial charge on any atom is -0.350 e. The maximum atomic E-state index is 12.4. The highest BCUT2D eigenvalue weighted by Gasteiger charge is 2.14. The molecule has 0 unspecified atom stereocenters. The van der Waals surface area contributed by atoms with Crippen LogP contribution in [0.1, 0.15) is 52.2 Å². The van der Waals surface area contributed by atoms with Gasteiger partial charge in [-0.3, -0.25) is 9.59 Å². The number of rotatable bonds is 6. The van der Waals surface area contributed by atoms with E-state index < -0.39 is 0 Å². The van der Waals surface area contributed by atoms with Crippen LogP contribution in [0.2, 0.25) is 0 Å². The quantitative estimate of drug-likeness (QED) is 0.645. The van der Waals surface area contributed by atoms with Crippen molar-refractivity contribution in [2.45, 2.75) is 45.1 Å². The highest BCUT2D eigenvalue weighted by atomic mass is 32.1. The molecule has 27 heavy (non-hydrogen) atoms. The molecule has 1 N–H and O–H groups in total. The van der Waals surface area contributed by atoms with Crippen molar-refractivity contribution in [3.8, 4) is 0 Å². The zero-order chi connectivity index (χ0) is 18.6. The van der Waals surface area contributed by atoms with Crippen molar-refractivity contribution in [3.63, 3.8) is 0 Å². The Hall–Kier alpha value is -2.53. The Morgan fingerprint density at radius 3 is 2.67 bits per heavy atom. The fraction of sp³-hybridized carbons (Fsp3) is 0.318. The molecule has 1 aromatic heterocycles. The lowest BCUT2D eigenvalue weighted by atomic mass is 9.89. The molecular formula is C22H22N2O2S. The summed E-state index contributed by atoms with van der Waals surface area (Å²) in [6.45, 7) is 0.408. The van der Waals surface area contributed by atoms with E-state index in [0.29, 0.717) is 6.54 Å². The number of aryl methyl sites for hydroxylation is 2. The topological polar surface area (TPSA) is 59.1 Å². The van der Waals surface area contributed by atoms with Gasteiger partial charge in [-0.15, -0.1) is 11.3 Å². The maximum Gasteiger partial charge on any atom is 0.220 e. The molecule has 0 atom stereocenters. The molecule has 0 radical (unpaired) electrons. The van der Waals surface area contributed by atoms with E-state index in [2.05, 4.69) is 16.4 Å². The Balaban J connectivity index is 1.29. The number of carbonyl (C=O) groups is 2. The molecule has 0 bridgehead atoms. The summed E-state index contributed by atoms with van der Waals surface area (Å²) in [6.07, 6.45) is 5.04. The molecule has 0 fully saturated rings. The summed E-state index contributed by atoms with van der Waals surface area (Å²) in [4.78, 5) is 29.1. The SMILES string of the molecule is O=C(CCC(=O)c1ccc2c(c1)CCCC2)NCc1nc2ccccc2s1. The number of hydrogen-bond acceptors (Lipinski definition) is 4. The van der Waals surface area contributed by atoms with Crippen molar-refractivity contribution in [2.75, 3.05) is 0 Å². The number of hydrogen-bond donors (Lipinski definition) is 1. The van der Waals surface area contributed by atoms with Crippen LogP contribution in [0, 0.1) is 0 Å². The van der Waals surface area contributed by atoms with Crippen LogP contribution in [-0.2, 0) is 24.2 Å². The number of nitrogens with zero attached hydrogens (tertiary/aromatic N) is 1. The van der Waals surface area contributed by atoms with Crippen LogP contribution < -0.4 is 5.32 Å². The van der Waals surface area contributed by atoms with Crippen LogP contribution in [-0.4, -0.2) is 16.7 Å². The van der Waals surface area contributed by atoms with Gasteiger partial charge in [-0.05, 0) is 55.0 Å². The van der Waals surface area contributed by atoms with E-state index in [1.54, 1.807) is 11.3 Å². The number of ketones is 1. The molecule has 1 heterocycles. The fourth-order valence-corrected chi connectivity index (χ4v) is 4.44. The van der Waals surface area contributed by atoms with Crippen molar-refractivity contribution in [3.05, 3.63) is 64.2 Å². The molecule has 1 aliphatic rings. The van der Waals surface area contributed by atoms with Crippen molar-refractivity contribution in [1.82, 2.24) is 10.3 Å². The second-order valence-corrected chi connectivity index (χ2v) is 8.08. The monoisotopic (exact) mass is 378 g/mol. The first-order chi connectivity index (χ1) is 13.2. The predicted octanol–water partition coefficient (Wildman–Crippen LogP) is 4.45. The van der Waals surface area contributed by atoms with Gasteiger partial charge in [0.05, 0.1) is 16.8 Å². The summed E-state index contributed by atoms with van der Waals surface area (Å²) >= 11 is 1.58. The standard InChI is InChI=1S/C22H22N2O2S/c25-19(17-10-9-15-5-1-2-6-16(15)13-17)11-12-21(26)23-14-22-24-18-7-3-4-8-20(18)27-22/h3-4,7-10,13H,1-2,5-6,11-12,14H2,(H,23,26). The Bertz CT molecular complexity index is 960. The molecular weight excluding hydrogens is 356 g/mol. The lowest BCUT2D eigenvalue weighted by Crippen LogP contribution is -2.23.